The Kier molecular flexibility index (Phi) is 3.52. The van der Waals surface area contributed by atoms with E-state index in [2.05, 4.69) is 5.10 Å². The van der Waals surface area contributed by atoms with Gasteiger partial charge in [0.15, 0.2) is 0 Å². The Bertz CT molecular complexity index is 576. The molecule has 0 unspecified atom stereocenters. The van der Waals surface area contributed by atoms with Crippen LogP contribution in [0.4, 0.5) is 0 Å². The molecule has 2 aromatic rings. The predicted molar refractivity (Wildman–Crippen MR) is 76.4 cm³/mol. The molecule has 0 saturated carbocycles. The highest BCUT2D eigenvalue weighted by molar-refractivity contribution is 5.79. The number of aromatic nitrogens is 2. The minimum absolute atomic E-state index is 0.140. The number of rotatable bonds is 3. The van der Waals surface area contributed by atoms with E-state index < -0.39 is 0 Å². The number of nitrogens with zero attached hydrogens (tertiary/aromatic N) is 3. The third-order valence-electron chi connectivity index (χ3n) is 3.64. The number of nitrogens with two attached hydrogens (primary N) is 1. The average Bonchev–Trinajstić information content (AvgIpc) is 3.10. The standard InChI is InChI=1S/C15H18N4O/c16-13-6-9-18(11-13)15(20)10-12-2-4-14(5-3-12)19-8-1-7-17-19/h1-5,7-8,13H,6,9-11,16H2/t13-/m1/s1. The topological polar surface area (TPSA) is 64.2 Å². The average molecular weight is 270 g/mol. The van der Waals surface area contributed by atoms with Gasteiger partial charge in [-0.25, -0.2) is 4.68 Å². The Balaban J connectivity index is 1.65. The maximum atomic E-state index is 12.1. The van der Waals surface area contributed by atoms with Crippen LogP contribution >= 0.6 is 0 Å². The fourth-order valence-corrected chi connectivity index (χ4v) is 2.49. The van der Waals surface area contributed by atoms with Crippen LogP contribution in [-0.2, 0) is 11.2 Å². The molecule has 104 valence electrons. The molecule has 0 spiro atoms. The third kappa shape index (κ3) is 2.72. The van der Waals surface area contributed by atoms with E-state index in [1.54, 1.807) is 10.9 Å². The van der Waals surface area contributed by atoms with Gasteiger partial charge in [0.05, 0.1) is 12.1 Å². The summed E-state index contributed by atoms with van der Waals surface area (Å²) in [7, 11) is 0. The van der Waals surface area contributed by atoms with Crippen molar-refractivity contribution in [2.45, 2.75) is 18.9 Å². The van der Waals surface area contributed by atoms with Gasteiger partial charge in [-0.1, -0.05) is 12.1 Å². The van der Waals surface area contributed by atoms with Gasteiger partial charge < -0.3 is 10.6 Å². The Morgan fingerprint density at radius 1 is 1.35 bits per heavy atom. The first-order valence-corrected chi connectivity index (χ1v) is 6.85. The van der Waals surface area contributed by atoms with Crippen molar-refractivity contribution in [2.75, 3.05) is 13.1 Å². The first-order valence-electron chi connectivity index (χ1n) is 6.85. The number of carbonyl (C=O) groups excluding carboxylic acids is 1. The number of benzene rings is 1. The molecule has 1 aromatic heterocycles. The minimum Gasteiger partial charge on any atom is -0.341 e. The van der Waals surface area contributed by atoms with E-state index in [0.29, 0.717) is 13.0 Å². The lowest BCUT2D eigenvalue weighted by atomic mass is 10.1. The van der Waals surface area contributed by atoms with Crippen LogP contribution in [0.1, 0.15) is 12.0 Å². The lowest BCUT2D eigenvalue weighted by molar-refractivity contribution is -0.129. The van der Waals surface area contributed by atoms with Crippen molar-refractivity contribution in [1.82, 2.24) is 14.7 Å². The van der Waals surface area contributed by atoms with Crippen molar-refractivity contribution in [3.63, 3.8) is 0 Å². The molecule has 1 atom stereocenters. The van der Waals surface area contributed by atoms with Crippen molar-refractivity contribution in [2.24, 2.45) is 5.73 Å². The summed E-state index contributed by atoms with van der Waals surface area (Å²) in [6.45, 7) is 1.47. The number of hydrogen-bond acceptors (Lipinski definition) is 3. The predicted octanol–water partition coefficient (Wildman–Crippen LogP) is 0.974. The molecule has 1 aliphatic rings. The second-order valence-corrected chi connectivity index (χ2v) is 5.18. The second kappa shape index (κ2) is 5.46. The summed E-state index contributed by atoms with van der Waals surface area (Å²) in [6.07, 6.45) is 4.98. The van der Waals surface area contributed by atoms with Gasteiger partial charge in [0, 0.05) is 31.5 Å². The molecular formula is C15H18N4O. The lowest BCUT2D eigenvalue weighted by Crippen LogP contribution is -2.32. The maximum absolute atomic E-state index is 12.1. The first-order chi connectivity index (χ1) is 9.72. The molecule has 1 fully saturated rings. The van der Waals surface area contributed by atoms with Gasteiger partial charge >= 0.3 is 0 Å². The maximum Gasteiger partial charge on any atom is 0.227 e. The molecule has 5 heteroatoms. The highest BCUT2D eigenvalue weighted by Crippen LogP contribution is 2.12. The summed E-state index contributed by atoms with van der Waals surface area (Å²) in [4.78, 5) is 14.0. The van der Waals surface area contributed by atoms with E-state index in [1.807, 2.05) is 41.4 Å². The second-order valence-electron chi connectivity index (χ2n) is 5.18. The molecule has 0 bridgehead atoms. The van der Waals surface area contributed by atoms with Gasteiger partial charge in [0.1, 0.15) is 0 Å². The fraction of sp³-hybridized carbons (Fsp3) is 0.333. The van der Waals surface area contributed by atoms with Crippen LogP contribution in [0, 0.1) is 0 Å². The summed E-state index contributed by atoms with van der Waals surface area (Å²) in [6, 6.07) is 9.93. The van der Waals surface area contributed by atoms with Crippen LogP contribution in [0.15, 0.2) is 42.7 Å². The van der Waals surface area contributed by atoms with E-state index in [4.69, 9.17) is 5.73 Å². The number of likely N-dealkylation sites (tertiary alicyclic amines) is 1. The quantitative estimate of drug-likeness (QED) is 0.904. The SMILES string of the molecule is N[C@@H]1CCN(C(=O)Cc2ccc(-n3cccn3)cc2)C1. The molecule has 1 saturated heterocycles. The molecule has 1 aromatic carbocycles. The molecule has 20 heavy (non-hydrogen) atoms. The minimum atomic E-state index is 0.140. The van der Waals surface area contributed by atoms with E-state index in [-0.39, 0.29) is 11.9 Å². The van der Waals surface area contributed by atoms with Crippen LogP contribution in [0.25, 0.3) is 5.69 Å². The number of hydrogen-bond donors (Lipinski definition) is 1. The van der Waals surface area contributed by atoms with Gasteiger partial charge in [-0.05, 0) is 30.2 Å². The van der Waals surface area contributed by atoms with Crippen molar-refractivity contribution in [3.05, 3.63) is 48.3 Å². The first kappa shape index (κ1) is 12.9. The Labute approximate surface area is 118 Å². The number of amides is 1. The summed E-state index contributed by atoms with van der Waals surface area (Å²) in [5.74, 6) is 0.157. The van der Waals surface area contributed by atoms with Crippen molar-refractivity contribution < 1.29 is 4.79 Å². The van der Waals surface area contributed by atoms with Crippen molar-refractivity contribution in [1.29, 1.82) is 0 Å². The molecular weight excluding hydrogens is 252 g/mol. The fourth-order valence-electron chi connectivity index (χ4n) is 2.49. The molecule has 5 nitrogen and oxygen atoms in total. The van der Waals surface area contributed by atoms with Gasteiger partial charge in [-0.2, -0.15) is 5.10 Å². The smallest absolute Gasteiger partial charge is 0.227 e. The molecule has 1 amide bonds. The zero-order chi connectivity index (χ0) is 13.9. The Hall–Kier alpha value is -2.14. The largest absolute Gasteiger partial charge is 0.341 e. The van der Waals surface area contributed by atoms with Crippen LogP contribution < -0.4 is 5.73 Å². The van der Waals surface area contributed by atoms with E-state index >= 15 is 0 Å². The van der Waals surface area contributed by atoms with E-state index in [9.17, 15) is 4.79 Å². The third-order valence-corrected chi connectivity index (χ3v) is 3.64. The normalized spacial score (nSPS) is 18.4. The van der Waals surface area contributed by atoms with Crippen molar-refractivity contribution >= 4 is 5.91 Å². The zero-order valence-corrected chi connectivity index (χ0v) is 11.3. The lowest BCUT2D eigenvalue weighted by Gasteiger charge is -2.15. The van der Waals surface area contributed by atoms with E-state index in [0.717, 1.165) is 24.2 Å². The molecule has 0 aliphatic carbocycles. The molecule has 1 aliphatic heterocycles. The summed E-state index contributed by atoms with van der Waals surface area (Å²) >= 11 is 0. The van der Waals surface area contributed by atoms with Gasteiger partial charge in [-0.3, -0.25) is 4.79 Å². The van der Waals surface area contributed by atoms with E-state index in [1.165, 1.54) is 0 Å². The molecule has 2 N–H and O–H groups in total. The van der Waals surface area contributed by atoms with Crippen LogP contribution in [0.3, 0.4) is 0 Å². The monoisotopic (exact) mass is 270 g/mol. The summed E-state index contributed by atoms with van der Waals surface area (Å²) in [5.41, 5.74) is 7.84. The summed E-state index contributed by atoms with van der Waals surface area (Å²) in [5, 5.41) is 4.18. The van der Waals surface area contributed by atoms with Gasteiger partial charge in [-0.15, -0.1) is 0 Å². The molecule has 0 radical (unpaired) electrons. The zero-order valence-electron chi connectivity index (χ0n) is 11.3. The van der Waals surface area contributed by atoms with Crippen molar-refractivity contribution in [3.8, 4) is 5.69 Å². The van der Waals surface area contributed by atoms with Gasteiger partial charge in [0.2, 0.25) is 5.91 Å². The highest BCUT2D eigenvalue weighted by atomic mass is 16.2. The molecule has 2 heterocycles. The van der Waals surface area contributed by atoms with Crippen LogP contribution in [0.2, 0.25) is 0 Å². The van der Waals surface area contributed by atoms with Crippen LogP contribution in [0.5, 0.6) is 0 Å². The Morgan fingerprint density at radius 2 is 2.15 bits per heavy atom. The van der Waals surface area contributed by atoms with Gasteiger partial charge in [0.25, 0.3) is 0 Å². The summed E-state index contributed by atoms with van der Waals surface area (Å²) < 4.78 is 1.80. The molecule has 3 rings (SSSR count). The Morgan fingerprint density at radius 3 is 2.75 bits per heavy atom. The number of carbonyl (C=O) groups is 1. The van der Waals surface area contributed by atoms with Crippen LogP contribution in [-0.4, -0.2) is 39.7 Å². The highest BCUT2D eigenvalue weighted by Gasteiger charge is 2.23.